The first-order chi connectivity index (χ1) is 5.39. The molecule has 0 bridgehead atoms. The Morgan fingerprint density at radius 2 is 2.36 bits per heavy atom. The fourth-order valence-electron chi connectivity index (χ4n) is 0.549. The zero-order valence-corrected chi connectivity index (χ0v) is 8.02. The molecule has 1 heterocycles. The van der Waals surface area contributed by atoms with Gasteiger partial charge in [0, 0.05) is 6.21 Å². The molecular formula is C7H8IN3. The molecule has 0 aromatic rings. The molecule has 0 aliphatic carbocycles. The molecule has 0 unspecified atom stereocenters. The highest BCUT2D eigenvalue weighted by molar-refractivity contribution is 14.1. The van der Waals surface area contributed by atoms with Crippen molar-refractivity contribution in [1.29, 1.82) is 0 Å². The number of hydrogen-bond donors (Lipinski definition) is 1. The minimum absolute atomic E-state index is 0.720. The van der Waals surface area contributed by atoms with E-state index in [1.807, 2.05) is 24.4 Å². The summed E-state index contributed by atoms with van der Waals surface area (Å²) >= 11 is 2.12. The Balaban J connectivity index is 2.67. The van der Waals surface area contributed by atoms with Crippen LogP contribution in [0.25, 0.3) is 0 Å². The molecule has 0 aromatic carbocycles. The van der Waals surface area contributed by atoms with Gasteiger partial charge in [0.15, 0.2) is 0 Å². The molecule has 0 radical (unpaired) electrons. The highest BCUT2D eigenvalue weighted by atomic mass is 127. The quantitative estimate of drug-likeness (QED) is 0.659. The van der Waals surface area contributed by atoms with Crippen molar-refractivity contribution in [1.82, 2.24) is 5.32 Å². The van der Waals surface area contributed by atoms with E-state index in [9.17, 15) is 0 Å². The molecule has 0 saturated carbocycles. The summed E-state index contributed by atoms with van der Waals surface area (Å²) in [6.07, 6.45) is 9.33. The summed E-state index contributed by atoms with van der Waals surface area (Å²) in [7, 11) is 0. The topological polar surface area (TPSA) is 36.8 Å². The van der Waals surface area contributed by atoms with Crippen molar-refractivity contribution in [3.63, 3.8) is 0 Å². The third kappa shape index (κ3) is 3.92. The van der Waals surface area contributed by atoms with Gasteiger partial charge in [0.05, 0.1) is 6.54 Å². The molecule has 0 fully saturated rings. The summed E-state index contributed by atoms with van der Waals surface area (Å²) in [5.74, 6) is 0. The van der Waals surface area contributed by atoms with E-state index in [0.29, 0.717) is 0 Å². The first-order valence-corrected chi connectivity index (χ1v) is 4.29. The second-order valence-electron chi connectivity index (χ2n) is 1.85. The lowest BCUT2D eigenvalue weighted by Crippen LogP contribution is -2.07. The highest BCUT2D eigenvalue weighted by Crippen LogP contribution is 1.94. The minimum atomic E-state index is 0.720. The number of nitrogens with one attached hydrogen (secondary N) is 1. The molecule has 3 nitrogen and oxygen atoms in total. The molecule has 0 atom stereocenters. The summed E-state index contributed by atoms with van der Waals surface area (Å²) < 4.78 is 0.880. The van der Waals surface area contributed by atoms with E-state index in [-0.39, 0.29) is 0 Å². The van der Waals surface area contributed by atoms with Crippen LogP contribution in [0.3, 0.4) is 0 Å². The maximum atomic E-state index is 3.90. The lowest BCUT2D eigenvalue weighted by molar-refractivity contribution is 1.02. The Labute approximate surface area is 79.1 Å². The van der Waals surface area contributed by atoms with Gasteiger partial charge in [-0.3, -0.25) is 0 Å². The van der Waals surface area contributed by atoms with Gasteiger partial charge in [-0.05, 0) is 40.9 Å². The van der Waals surface area contributed by atoms with Crippen LogP contribution in [0.15, 0.2) is 34.6 Å². The van der Waals surface area contributed by atoms with Crippen molar-refractivity contribution < 1.29 is 0 Å². The van der Waals surface area contributed by atoms with Crippen LogP contribution in [0.2, 0.25) is 0 Å². The number of hydrogen-bond acceptors (Lipinski definition) is 3. The summed E-state index contributed by atoms with van der Waals surface area (Å²) in [4.78, 5) is 0. The van der Waals surface area contributed by atoms with E-state index >= 15 is 0 Å². The van der Waals surface area contributed by atoms with Crippen LogP contribution >= 0.6 is 22.6 Å². The predicted molar refractivity (Wildman–Crippen MR) is 56.2 cm³/mol. The zero-order valence-electron chi connectivity index (χ0n) is 5.87. The van der Waals surface area contributed by atoms with Gasteiger partial charge in [0.25, 0.3) is 0 Å². The van der Waals surface area contributed by atoms with Crippen molar-refractivity contribution in [2.45, 2.75) is 0 Å². The van der Waals surface area contributed by atoms with E-state index < -0.39 is 0 Å². The number of halogens is 1. The Morgan fingerprint density at radius 1 is 1.45 bits per heavy atom. The van der Waals surface area contributed by atoms with Crippen molar-refractivity contribution in [2.75, 3.05) is 6.54 Å². The number of allylic oxidation sites excluding steroid dienone is 3. The zero-order chi connectivity index (χ0) is 7.94. The number of nitrogens with zero attached hydrogens (tertiary/aromatic N) is 2. The van der Waals surface area contributed by atoms with Gasteiger partial charge in [-0.1, -0.05) is 6.08 Å². The molecule has 1 N–H and O–H groups in total. The maximum Gasteiger partial charge on any atom is 0.123 e. The first kappa shape index (κ1) is 8.45. The molecule has 4 heteroatoms. The second kappa shape index (κ2) is 5.06. The molecular weight excluding hydrogens is 253 g/mol. The van der Waals surface area contributed by atoms with Gasteiger partial charge in [-0.2, -0.15) is 5.10 Å². The normalized spacial score (nSPS) is 30.8. The average Bonchev–Trinajstić information content (AvgIpc) is 2.03. The standard InChI is InChI=1S/C7H8IN3/c8-7-3-1-2-4-9-5-6-10-11-7/h1-4,6,9H,5H2/b3-1-,4-2+,10-6+,11-7-. The summed E-state index contributed by atoms with van der Waals surface area (Å²) in [5, 5.41) is 10.7. The Hall–Kier alpha value is -0.650. The van der Waals surface area contributed by atoms with E-state index in [1.54, 1.807) is 6.21 Å². The van der Waals surface area contributed by atoms with Crippen LogP contribution < -0.4 is 5.32 Å². The minimum Gasteiger partial charge on any atom is -0.386 e. The maximum absolute atomic E-state index is 3.90. The smallest absolute Gasteiger partial charge is 0.123 e. The molecule has 0 aromatic heterocycles. The third-order valence-electron chi connectivity index (χ3n) is 1.00. The summed E-state index contributed by atoms with van der Waals surface area (Å²) in [6, 6.07) is 0. The molecule has 1 aliphatic heterocycles. The fourth-order valence-corrected chi connectivity index (χ4v) is 0.882. The first-order valence-electron chi connectivity index (χ1n) is 3.21. The van der Waals surface area contributed by atoms with Crippen molar-refractivity contribution in [2.24, 2.45) is 10.2 Å². The van der Waals surface area contributed by atoms with Crippen LogP contribution in [-0.4, -0.2) is 16.5 Å². The van der Waals surface area contributed by atoms with Gasteiger partial charge < -0.3 is 5.32 Å². The molecule has 58 valence electrons. The van der Waals surface area contributed by atoms with Crippen LogP contribution in [0.4, 0.5) is 0 Å². The second-order valence-corrected chi connectivity index (χ2v) is 2.95. The fraction of sp³-hybridized carbons (Fsp3) is 0.143. The molecule has 0 spiro atoms. The van der Waals surface area contributed by atoms with Crippen LogP contribution in [0, 0.1) is 0 Å². The Kier molecular flexibility index (Phi) is 3.89. The molecule has 1 aliphatic rings. The van der Waals surface area contributed by atoms with E-state index in [1.165, 1.54) is 0 Å². The van der Waals surface area contributed by atoms with Gasteiger partial charge in [-0.15, -0.1) is 5.10 Å². The van der Waals surface area contributed by atoms with Gasteiger partial charge >= 0.3 is 0 Å². The lowest BCUT2D eigenvalue weighted by Gasteiger charge is -1.92. The van der Waals surface area contributed by atoms with Crippen molar-refractivity contribution in [3.8, 4) is 0 Å². The van der Waals surface area contributed by atoms with Gasteiger partial charge in [-0.25, -0.2) is 0 Å². The van der Waals surface area contributed by atoms with E-state index in [0.717, 1.165) is 10.3 Å². The largest absolute Gasteiger partial charge is 0.386 e. The van der Waals surface area contributed by atoms with E-state index in [4.69, 9.17) is 0 Å². The van der Waals surface area contributed by atoms with Crippen LogP contribution in [0.5, 0.6) is 0 Å². The molecule has 11 heavy (non-hydrogen) atoms. The van der Waals surface area contributed by atoms with E-state index in [2.05, 4.69) is 38.1 Å². The molecule has 0 saturated heterocycles. The van der Waals surface area contributed by atoms with Crippen LogP contribution in [0.1, 0.15) is 0 Å². The van der Waals surface area contributed by atoms with Crippen molar-refractivity contribution >= 4 is 32.5 Å². The average molecular weight is 261 g/mol. The summed E-state index contributed by atoms with van der Waals surface area (Å²) in [5.41, 5.74) is 0. The lowest BCUT2D eigenvalue weighted by atomic mass is 10.5. The number of rotatable bonds is 0. The van der Waals surface area contributed by atoms with Gasteiger partial charge in [0.2, 0.25) is 0 Å². The highest BCUT2D eigenvalue weighted by Gasteiger charge is 1.82. The SMILES string of the molecule is IC1=N\N=C\CN/C=C/C=C\1. The van der Waals surface area contributed by atoms with Gasteiger partial charge in [0.1, 0.15) is 3.72 Å². The summed E-state index contributed by atoms with van der Waals surface area (Å²) in [6.45, 7) is 0.720. The third-order valence-corrected chi connectivity index (χ3v) is 1.58. The Bertz CT molecular complexity index is 228. The predicted octanol–water partition coefficient (Wildman–Crippen LogP) is 1.48. The van der Waals surface area contributed by atoms with Crippen LogP contribution in [-0.2, 0) is 0 Å². The monoisotopic (exact) mass is 261 g/mol. The molecule has 1 rings (SSSR count). The van der Waals surface area contributed by atoms with Crippen molar-refractivity contribution in [3.05, 3.63) is 24.4 Å². The molecule has 0 amide bonds. The Morgan fingerprint density at radius 3 is 3.27 bits per heavy atom.